The van der Waals surface area contributed by atoms with E-state index in [0.29, 0.717) is 22.7 Å². The molecule has 1 fully saturated rings. The number of nitrogens with zero attached hydrogens (tertiary/aromatic N) is 2. The van der Waals surface area contributed by atoms with Crippen LogP contribution >= 0.6 is 11.6 Å². The van der Waals surface area contributed by atoms with Crippen LogP contribution in [0.15, 0.2) is 72.8 Å². The largest absolute Gasteiger partial charge is 0.352 e. The summed E-state index contributed by atoms with van der Waals surface area (Å²) in [6, 6.07) is 21.5. The molecule has 3 aromatic rings. The first-order valence-electron chi connectivity index (χ1n) is 14.4. The average Bonchev–Trinajstić information content (AvgIpc) is 2.96. The minimum atomic E-state index is -3.87. The molecule has 0 unspecified atom stereocenters. The molecule has 0 aromatic heterocycles. The van der Waals surface area contributed by atoms with Crippen molar-refractivity contribution in [1.82, 2.24) is 10.2 Å². The first-order chi connectivity index (χ1) is 20.0. The third kappa shape index (κ3) is 8.35. The fourth-order valence-electron chi connectivity index (χ4n) is 5.52. The maximum Gasteiger partial charge on any atom is 0.244 e. The summed E-state index contributed by atoms with van der Waals surface area (Å²) < 4.78 is 27.2. The van der Waals surface area contributed by atoms with Crippen LogP contribution < -0.4 is 9.62 Å². The molecule has 0 spiro atoms. The minimum absolute atomic E-state index is 0.0570. The molecule has 1 N–H and O–H groups in total. The molecule has 3 aromatic carbocycles. The van der Waals surface area contributed by atoms with E-state index in [-0.39, 0.29) is 18.5 Å². The Balaban J connectivity index is 1.75. The number of benzene rings is 3. The highest BCUT2D eigenvalue weighted by atomic mass is 35.5. The Hall–Kier alpha value is -3.36. The molecule has 2 amide bonds. The molecular formula is C33H40ClN3O4S. The third-order valence-electron chi connectivity index (χ3n) is 7.94. The molecule has 1 atom stereocenters. The first-order valence-corrected chi connectivity index (χ1v) is 16.7. The molecule has 0 bridgehead atoms. The van der Waals surface area contributed by atoms with Crippen LogP contribution in [0.25, 0.3) is 0 Å². The van der Waals surface area contributed by atoms with E-state index in [0.717, 1.165) is 59.4 Å². The number of nitrogens with one attached hydrogen (secondary N) is 1. The lowest BCUT2D eigenvalue weighted by molar-refractivity contribution is -0.140. The topological polar surface area (TPSA) is 86.8 Å². The van der Waals surface area contributed by atoms with E-state index in [1.54, 1.807) is 30.0 Å². The fourth-order valence-corrected chi connectivity index (χ4v) is 6.58. The lowest BCUT2D eigenvalue weighted by Crippen LogP contribution is -2.55. The van der Waals surface area contributed by atoms with Gasteiger partial charge >= 0.3 is 0 Å². The van der Waals surface area contributed by atoms with Gasteiger partial charge in [0.05, 0.1) is 11.9 Å². The van der Waals surface area contributed by atoms with Crippen LogP contribution in [-0.2, 0) is 32.6 Å². The summed E-state index contributed by atoms with van der Waals surface area (Å²) >= 11 is 6.24. The summed E-state index contributed by atoms with van der Waals surface area (Å²) in [4.78, 5) is 29.9. The Morgan fingerprint density at radius 1 is 0.929 bits per heavy atom. The molecule has 0 aliphatic heterocycles. The zero-order valence-electron chi connectivity index (χ0n) is 24.6. The van der Waals surface area contributed by atoms with E-state index in [1.165, 1.54) is 0 Å². The summed E-state index contributed by atoms with van der Waals surface area (Å²) in [5.41, 5.74) is 3.78. The molecule has 224 valence electrons. The predicted molar refractivity (Wildman–Crippen MR) is 169 cm³/mol. The van der Waals surface area contributed by atoms with Gasteiger partial charge in [0.25, 0.3) is 0 Å². The van der Waals surface area contributed by atoms with Gasteiger partial charge in [-0.15, -0.1) is 0 Å². The monoisotopic (exact) mass is 609 g/mol. The SMILES string of the molecule is Cc1ccccc1CN(C(=O)CN(c1cc(Cl)ccc1C)S(C)(=O)=O)[C@H](Cc1ccccc1)C(=O)NC1CCCCC1. The standard InChI is InChI=1S/C33H40ClN3O4S/c1-24-12-10-11-15-27(24)22-36(32(38)23-37(42(3,40)41)30-21-28(34)19-18-25(30)2)31(20-26-13-6-4-7-14-26)33(39)35-29-16-8-5-9-17-29/h4,6-7,10-15,18-19,21,29,31H,5,8-9,16-17,20,22-23H2,1-3H3,(H,35,39)/t31-/m1/s1. The summed E-state index contributed by atoms with van der Waals surface area (Å²) in [6.07, 6.45) is 6.46. The van der Waals surface area contributed by atoms with Gasteiger partial charge in [-0.3, -0.25) is 13.9 Å². The van der Waals surface area contributed by atoms with Crippen LogP contribution in [-0.4, -0.2) is 50.0 Å². The summed E-state index contributed by atoms with van der Waals surface area (Å²) in [5.74, 6) is -0.694. The number of sulfonamides is 1. The average molecular weight is 610 g/mol. The van der Waals surface area contributed by atoms with Crippen molar-refractivity contribution in [1.29, 1.82) is 0 Å². The van der Waals surface area contributed by atoms with E-state index < -0.39 is 28.5 Å². The van der Waals surface area contributed by atoms with Crippen LogP contribution in [0, 0.1) is 13.8 Å². The van der Waals surface area contributed by atoms with Crippen molar-refractivity contribution in [3.63, 3.8) is 0 Å². The maximum atomic E-state index is 14.3. The highest BCUT2D eigenvalue weighted by Gasteiger charge is 2.34. The second kappa shape index (κ2) is 14.2. The van der Waals surface area contributed by atoms with Gasteiger partial charge in [0.1, 0.15) is 12.6 Å². The number of halogens is 1. The Bertz CT molecular complexity index is 1490. The lowest BCUT2D eigenvalue weighted by Gasteiger charge is -2.35. The van der Waals surface area contributed by atoms with Gasteiger partial charge in [-0.05, 0) is 61.1 Å². The van der Waals surface area contributed by atoms with Crippen LogP contribution in [0.3, 0.4) is 0 Å². The van der Waals surface area contributed by atoms with Gasteiger partial charge in [-0.25, -0.2) is 8.42 Å². The highest BCUT2D eigenvalue weighted by molar-refractivity contribution is 7.92. The highest BCUT2D eigenvalue weighted by Crippen LogP contribution is 2.27. The second-order valence-corrected chi connectivity index (χ2v) is 13.5. The third-order valence-corrected chi connectivity index (χ3v) is 9.31. The number of amides is 2. The molecule has 7 nitrogen and oxygen atoms in total. The molecular weight excluding hydrogens is 570 g/mol. The van der Waals surface area contributed by atoms with E-state index in [4.69, 9.17) is 11.6 Å². The Labute approximate surface area is 254 Å². The second-order valence-electron chi connectivity index (χ2n) is 11.2. The summed E-state index contributed by atoms with van der Waals surface area (Å²) in [6.45, 7) is 3.43. The molecule has 0 heterocycles. The van der Waals surface area contributed by atoms with Gasteiger partial charge in [-0.2, -0.15) is 0 Å². The zero-order valence-corrected chi connectivity index (χ0v) is 26.1. The van der Waals surface area contributed by atoms with Crippen LogP contribution in [0.2, 0.25) is 5.02 Å². The molecule has 42 heavy (non-hydrogen) atoms. The van der Waals surface area contributed by atoms with Gasteiger partial charge in [0, 0.05) is 24.0 Å². The summed E-state index contributed by atoms with van der Waals surface area (Å²) in [5, 5.41) is 3.59. The van der Waals surface area contributed by atoms with Crippen molar-refractivity contribution in [3.8, 4) is 0 Å². The van der Waals surface area contributed by atoms with Crippen molar-refractivity contribution >= 4 is 39.1 Å². The number of hydrogen-bond donors (Lipinski definition) is 1. The Morgan fingerprint density at radius 3 is 2.26 bits per heavy atom. The van der Waals surface area contributed by atoms with E-state index in [1.807, 2.05) is 61.5 Å². The zero-order chi connectivity index (χ0) is 30.3. The first kappa shape index (κ1) is 31.6. The molecule has 1 saturated carbocycles. The Kier molecular flexibility index (Phi) is 10.7. The number of hydrogen-bond acceptors (Lipinski definition) is 4. The number of carbonyl (C=O) groups is 2. The minimum Gasteiger partial charge on any atom is -0.352 e. The van der Waals surface area contributed by atoms with E-state index in [9.17, 15) is 18.0 Å². The van der Waals surface area contributed by atoms with Crippen molar-refractivity contribution < 1.29 is 18.0 Å². The molecule has 0 saturated heterocycles. The number of aryl methyl sites for hydroxylation is 2. The van der Waals surface area contributed by atoms with Crippen molar-refractivity contribution in [3.05, 3.63) is 100 Å². The fraction of sp³-hybridized carbons (Fsp3) is 0.394. The number of carbonyl (C=O) groups excluding carboxylic acids is 2. The van der Waals surface area contributed by atoms with E-state index >= 15 is 0 Å². The number of anilines is 1. The molecule has 1 aliphatic carbocycles. The quantitative estimate of drug-likeness (QED) is 0.297. The smallest absolute Gasteiger partial charge is 0.244 e. The maximum absolute atomic E-state index is 14.3. The van der Waals surface area contributed by atoms with Crippen LogP contribution in [0.5, 0.6) is 0 Å². The molecule has 4 rings (SSSR count). The lowest BCUT2D eigenvalue weighted by atomic mass is 9.94. The number of rotatable bonds is 11. The van der Waals surface area contributed by atoms with Crippen molar-refractivity contribution in [2.24, 2.45) is 0 Å². The molecule has 1 aliphatic rings. The molecule has 9 heteroatoms. The van der Waals surface area contributed by atoms with Gasteiger partial charge in [0.15, 0.2) is 0 Å². The summed E-state index contributed by atoms with van der Waals surface area (Å²) in [7, 11) is -3.87. The van der Waals surface area contributed by atoms with Gasteiger partial charge in [0.2, 0.25) is 21.8 Å². The van der Waals surface area contributed by atoms with Gasteiger partial charge < -0.3 is 10.2 Å². The van der Waals surface area contributed by atoms with Crippen LogP contribution in [0.1, 0.15) is 54.4 Å². The van der Waals surface area contributed by atoms with Crippen LogP contribution in [0.4, 0.5) is 5.69 Å². The van der Waals surface area contributed by atoms with Crippen molar-refractivity contribution in [2.75, 3.05) is 17.1 Å². The Morgan fingerprint density at radius 2 is 1.60 bits per heavy atom. The predicted octanol–water partition coefficient (Wildman–Crippen LogP) is 5.81. The van der Waals surface area contributed by atoms with Gasteiger partial charge in [-0.1, -0.05) is 91.5 Å². The van der Waals surface area contributed by atoms with E-state index in [2.05, 4.69) is 5.32 Å². The molecule has 0 radical (unpaired) electrons. The van der Waals surface area contributed by atoms with Crippen molar-refractivity contribution in [2.45, 2.75) is 71.0 Å². The normalized spacial score (nSPS) is 14.7.